The first-order chi connectivity index (χ1) is 13.9. The van der Waals surface area contributed by atoms with Crippen LogP contribution in [0.2, 0.25) is 15.1 Å². The molecule has 0 spiro atoms. The van der Waals surface area contributed by atoms with E-state index in [1.165, 1.54) is 6.07 Å². The summed E-state index contributed by atoms with van der Waals surface area (Å²) < 4.78 is 5.64. The minimum Gasteiger partial charge on any atom is -0.451 e. The maximum Gasteiger partial charge on any atom is 0.291 e. The highest BCUT2D eigenvalue weighted by molar-refractivity contribution is 6.36. The summed E-state index contributed by atoms with van der Waals surface area (Å²) in [6.07, 6.45) is 1.15. The van der Waals surface area contributed by atoms with Gasteiger partial charge in [-0.15, -0.1) is 0 Å². The summed E-state index contributed by atoms with van der Waals surface area (Å²) in [5.74, 6) is -0.0751. The van der Waals surface area contributed by atoms with Gasteiger partial charge in [-0.25, -0.2) is 0 Å². The van der Waals surface area contributed by atoms with Crippen molar-refractivity contribution in [1.29, 1.82) is 0 Å². The molecule has 2 amide bonds. The Hall–Kier alpha value is -2.47. The molecule has 0 atom stereocenters. The molecule has 2 N–H and O–H groups in total. The van der Waals surface area contributed by atoms with Gasteiger partial charge in [0.25, 0.3) is 5.91 Å². The summed E-state index contributed by atoms with van der Waals surface area (Å²) >= 11 is 18.3. The van der Waals surface area contributed by atoms with Crippen molar-refractivity contribution in [2.45, 2.75) is 19.8 Å². The van der Waals surface area contributed by atoms with Gasteiger partial charge in [0.15, 0.2) is 5.76 Å². The topological polar surface area (TPSA) is 71.3 Å². The third-order valence-corrected chi connectivity index (χ3v) is 4.88. The summed E-state index contributed by atoms with van der Waals surface area (Å²) in [5.41, 5.74) is 1.51. The molecule has 8 heteroatoms. The molecule has 0 aliphatic rings. The molecule has 0 aliphatic heterocycles. The second-order valence-electron chi connectivity index (χ2n) is 6.23. The number of amides is 2. The number of rotatable bonds is 6. The smallest absolute Gasteiger partial charge is 0.291 e. The molecule has 5 nitrogen and oxygen atoms in total. The van der Waals surface area contributed by atoms with Crippen molar-refractivity contribution in [3.05, 3.63) is 69.4 Å². The Kier molecular flexibility index (Phi) is 6.85. The molecule has 1 heterocycles. The first-order valence-corrected chi connectivity index (χ1v) is 9.96. The van der Waals surface area contributed by atoms with Crippen molar-refractivity contribution in [3.8, 4) is 11.3 Å². The Labute approximate surface area is 182 Å². The zero-order chi connectivity index (χ0) is 21.0. The van der Waals surface area contributed by atoms with E-state index in [0.717, 1.165) is 6.42 Å². The molecule has 2 aromatic carbocycles. The molecule has 0 aliphatic carbocycles. The summed E-state index contributed by atoms with van der Waals surface area (Å²) in [4.78, 5) is 24.4. The highest BCUT2D eigenvalue weighted by Crippen LogP contribution is 2.32. The van der Waals surface area contributed by atoms with Crippen molar-refractivity contribution in [3.63, 3.8) is 0 Å². The van der Waals surface area contributed by atoms with Crippen LogP contribution in [0.4, 0.5) is 11.4 Å². The lowest BCUT2D eigenvalue weighted by Gasteiger charge is -2.10. The van der Waals surface area contributed by atoms with E-state index >= 15 is 0 Å². The molecule has 3 rings (SSSR count). The number of nitrogens with one attached hydrogen (secondary N) is 2. The zero-order valence-electron chi connectivity index (χ0n) is 15.4. The fourth-order valence-corrected chi connectivity index (χ4v) is 3.29. The molecular formula is C21H17Cl3N2O3. The minimum atomic E-state index is -0.486. The normalized spacial score (nSPS) is 10.6. The third-order valence-electron chi connectivity index (χ3n) is 4.00. The monoisotopic (exact) mass is 450 g/mol. The minimum absolute atomic E-state index is 0.0857. The van der Waals surface area contributed by atoms with Gasteiger partial charge < -0.3 is 15.1 Å². The van der Waals surface area contributed by atoms with Crippen LogP contribution in [0.15, 0.2) is 52.9 Å². The van der Waals surface area contributed by atoms with Crippen LogP contribution in [0.3, 0.4) is 0 Å². The zero-order valence-corrected chi connectivity index (χ0v) is 17.7. The number of carbonyl (C=O) groups excluding carboxylic acids is 2. The average molecular weight is 452 g/mol. The van der Waals surface area contributed by atoms with Crippen molar-refractivity contribution in [1.82, 2.24) is 0 Å². The fraction of sp³-hybridized carbons (Fsp3) is 0.143. The molecular weight excluding hydrogens is 435 g/mol. The third kappa shape index (κ3) is 5.32. The average Bonchev–Trinajstić information content (AvgIpc) is 3.14. The summed E-state index contributed by atoms with van der Waals surface area (Å²) in [6.45, 7) is 1.92. The molecule has 0 radical (unpaired) electrons. The molecule has 0 fully saturated rings. The van der Waals surface area contributed by atoms with E-state index in [2.05, 4.69) is 10.6 Å². The second kappa shape index (κ2) is 9.35. The van der Waals surface area contributed by atoms with Crippen LogP contribution in [-0.2, 0) is 4.79 Å². The van der Waals surface area contributed by atoms with Crippen LogP contribution >= 0.6 is 34.8 Å². The lowest BCUT2D eigenvalue weighted by atomic mass is 10.2. The predicted octanol–water partition coefficient (Wildman–Crippen LogP) is 6.90. The van der Waals surface area contributed by atoms with Crippen molar-refractivity contribution >= 4 is 58.0 Å². The largest absolute Gasteiger partial charge is 0.451 e. The van der Waals surface area contributed by atoms with E-state index in [-0.39, 0.29) is 11.7 Å². The Morgan fingerprint density at radius 2 is 1.72 bits per heavy atom. The maximum atomic E-state index is 12.6. The number of anilines is 2. The van der Waals surface area contributed by atoms with Gasteiger partial charge in [-0.3, -0.25) is 9.59 Å². The highest BCUT2D eigenvalue weighted by Gasteiger charge is 2.16. The Morgan fingerprint density at radius 1 is 0.931 bits per heavy atom. The van der Waals surface area contributed by atoms with E-state index in [1.54, 1.807) is 42.5 Å². The van der Waals surface area contributed by atoms with Gasteiger partial charge in [-0.1, -0.05) is 41.7 Å². The van der Waals surface area contributed by atoms with Gasteiger partial charge in [0, 0.05) is 22.7 Å². The summed E-state index contributed by atoms with van der Waals surface area (Å²) in [5, 5.41) is 6.70. The van der Waals surface area contributed by atoms with Gasteiger partial charge >= 0.3 is 0 Å². The van der Waals surface area contributed by atoms with E-state index in [0.29, 0.717) is 44.2 Å². The molecule has 150 valence electrons. The number of hydrogen-bond donors (Lipinski definition) is 2. The number of hydrogen-bond acceptors (Lipinski definition) is 3. The summed E-state index contributed by atoms with van der Waals surface area (Å²) in [6, 6.07) is 13.0. The Bertz CT molecular complexity index is 1060. The SMILES string of the molecule is CCCC(=O)Nc1ccc(Cl)c(NC(=O)c2ccc(-c3ccc(Cl)cc3Cl)o2)c1. The van der Waals surface area contributed by atoms with Crippen LogP contribution in [-0.4, -0.2) is 11.8 Å². The molecule has 0 unspecified atom stereocenters. The van der Waals surface area contributed by atoms with Gasteiger partial charge in [0.2, 0.25) is 5.91 Å². The van der Waals surface area contributed by atoms with E-state index in [1.807, 2.05) is 6.92 Å². The van der Waals surface area contributed by atoms with Crippen LogP contribution in [0, 0.1) is 0 Å². The first-order valence-electron chi connectivity index (χ1n) is 8.83. The quantitative estimate of drug-likeness (QED) is 0.428. The standard InChI is InChI=1S/C21H17Cl3N2O3/c1-2-3-20(27)25-13-5-7-15(23)17(11-13)26-21(28)19-9-8-18(29-19)14-6-4-12(22)10-16(14)24/h4-11H,2-3H2,1H3,(H,25,27)(H,26,28). The number of halogens is 3. The van der Waals surface area contributed by atoms with Crippen molar-refractivity contribution in [2.24, 2.45) is 0 Å². The van der Waals surface area contributed by atoms with Crippen LogP contribution < -0.4 is 10.6 Å². The van der Waals surface area contributed by atoms with Crippen LogP contribution in [0.25, 0.3) is 11.3 Å². The lowest BCUT2D eigenvalue weighted by Crippen LogP contribution is -2.13. The summed E-state index contributed by atoms with van der Waals surface area (Å²) in [7, 11) is 0. The Balaban J connectivity index is 1.77. The predicted molar refractivity (Wildman–Crippen MR) is 117 cm³/mol. The van der Waals surface area contributed by atoms with Gasteiger partial charge in [0.05, 0.1) is 15.7 Å². The molecule has 0 saturated heterocycles. The lowest BCUT2D eigenvalue weighted by molar-refractivity contribution is -0.116. The molecule has 3 aromatic rings. The van der Waals surface area contributed by atoms with E-state index in [4.69, 9.17) is 39.2 Å². The van der Waals surface area contributed by atoms with Crippen molar-refractivity contribution < 1.29 is 14.0 Å². The molecule has 0 bridgehead atoms. The highest BCUT2D eigenvalue weighted by atomic mass is 35.5. The van der Waals surface area contributed by atoms with Gasteiger partial charge in [-0.2, -0.15) is 0 Å². The molecule has 0 saturated carbocycles. The molecule has 1 aromatic heterocycles. The van der Waals surface area contributed by atoms with E-state index < -0.39 is 5.91 Å². The van der Waals surface area contributed by atoms with Crippen molar-refractivity contribution in [2.75, 3.05) is 10.6 Å². The molecule has 29 heavy (non-hydrogen) atoms. The fourth-order valence-electron chi connectivity index (χ4n) is 2.63. The van der Waals surface area contributed by atoms with Crippen LogP contribution in [0.1, 0.15) is 30.3 Å². The number of carbonyl (C=O) groups is 2. The second-order valence-corrected chi connectivity index (χ2v) is 7.49. The van der Waals surface area contributed by atoms with Crippen LogP contribution in [0.5, 0.6) is 0 Å². The maximum absolute atomic E-state index is 12.6. The number of furan rings is 1. The first kappa shape index (κ1) is 21.2. The Morgan fingerprint density at radius 3 is 2.45 bits per heavy atom. The van der Waals surface area contributed by atoms with E-state index in [9.17, 15) is 9.59 Å². The van der Waals surface area contributed by atoms with Gasteiger partial charge in [-0.05, 0) is 55.0 Å². The number of benzene rings is 2. The van der Waals surface area contributed by atoms with Gasteiger partial charge in [0.1, 0.15) is 5.76 Å².